The van der Waals surface area contributed by atoms with E-state index in [0.29, 0.717) is 6.42 Å². The SMILES string of the molecule is Nc1nc(Cc2ccccc2)c2nc(-c3ccccc3CN3CCOCC3)ccc2n1. The first-order valence-electron chi connectivity index (χ1n) is 10.6. The van der Waals surface area contributed by atoms with Gasteiger partial charge in [-0.25, -0.2) is 15.0 Å². The summed E-state index contributed by atoms with van der Waals surface area (Å²) in [5.41, 5.74) is 12.9. The van der Waals surface area contributed by atoms with Crippen LogP contribution in [0.3, 0.4) is 0 Å². The molecule has 0 atom stereocenters. The molecule has 31 heavy (non-hydrogen) atoms. The van der Waals surface area contributed by atoms with Crippen molar-refractivity contribution in [3.8, 4) is 11.3 Å². The van der Waals surface area contributed by atoms with Crippen LogP contribution in [0.5, 0.6) is 0 Å². The minimum absolute atomic E-state index is 0.278. The van der Waals surface area contributed by atoms with Gasteiger partial charge in [0.15, 0.2) is 0 Å². The van der Waals surface area contributed by atoms with E-state index in [9.17, 15) is 0 Å². The molecule has 2 aromatic carbocycles. The Hall–Kier alpha value is -3.35. The van der Waals surface area contributed by atoms with Gasteiger partial charge in [-0.15, -0.1) is 0 Å². The zero-order chi connectivity index (χ0) is 21.0. The molecular formula is C25H25N5O. The van der Waals surface area contributed by atoms with Crippen molar-refractivity contribution in [2.24, 2.45) is 0 Å². The maximum atomic E-state index is 5.99. The van der Waals surface area contributed by atoms with Gasteiger partial charge < -0.3 is 10.5 Å². The number of pyridine rings is 1. The molecule has 2 aromatic heterocycles. The Kier molecular flexibility index (Phi) is 5.56. The Morgan fingerprint density at radius 2 is 1.61 bits per heavy atom. The smallest absolute Gasteiger partial charge is 0.220 e. The zero-order valence-corrected chi connectivity index (χ0v) is 17.4. The molecule has 6 nitrogen and oxygen atoms in total. The first-order valence-corrected chi connectivity index (χ1v) is 10.6. The highest BCUT2D eigenvalue weighted by molar-refractivity contribution is 5.81. The second-order valence-electron chi connectivity index (χ2n) is 7.80. The van der Waals surface area contributed by atoms with Crippen molar-refractivity contribution < 1.29 is 4.74 Å². The van der Waals surface area contributed by atoms with Crippen LogP contribution < -0.4 is 5.73 Å². The van der Waals surface area contributed by atoms with Gasteiger partial charge in [0, 0.05) is 31.6 Å². The van der Waals surface area contributed by atoms with Gasteiger partial charge in [-0.1, -0.05) is 54.6 Å². The van der Waals surface area contributed by atoms with Crippen molar-refractivity contribution >= 4 is 17.0 Å². The minimum atomic E-state index is 0.278. The number of hydrogen-bond donors (Lipinski definition) is 1. The van der Waals surface area contributed by atoms with Crippen molar-refractivity contribution in [1.29, 1.82) is 0 Å². The van der Waals surface area contributed by atoms with Gasteiger partial charge in [0.25, 0.3) is 0 Å². The molecule has 1 aliphatic rings. The van der Waals surface area contributed by atoms with Gasteiger partial charge in [-0.3, -0.25) is 4.90 Å². The summed E-state index contributed by atoms with van der Waals surface area (Å²) < 4.78 is 5.49. The molecule has 1 saturated heterocycles. The van der Waals surface area contributed by atoms with Crippen LogP contribution in [0, 0.1) is 0 Å². The Balaban J connectivity index is 1.54. The van der Waals surface area contributed by atoms with E-state index >= 15 is 0 Å². The van der Waals surface area contributed by atoms with E-state index in [0.717, 1.165) is 60.8 Å². The molecule has 6 heteroatoms. The molecule has 0 unspecified atom stereocenters. The van der Waals surface area contributed by atoms with Crippen LogP contribution in [0.4, 0.5) is 5.95 Å². The number of nitrogen functional groups attached to an aromatic ring is 1. The molecule has 0 radical (unpaired) electrons. The molecule has 0 spiro atoms. The highest BCUT2D eigenvalue weighted by atomic mass is 16.5. The topological polar surface area (TPSA) is 77.2 Å². The quantitative estimate of drug-likeness (QED) is 0.540. The molecule has 1 aliphatic heterocycles. The third-order valence-corrected chi connectivity index (χ3v) is 5.64. The van der Waals surface area contributed by atoms with E-state index in [-0.39, 0.29) is 5.95 Å². The minimum Gasteiger partial charge on any atom is -0.379 e. The highest BCUT2D eigenvalue weighted by Gasteiger charge is 2.15. The van der Waals surface area contributed by atoms with Crippen LogP contribution in [-0.2, 0) is 17.7 Å². The molecule has 0 saturated carbocycles. The third-order valence-electron chi connectivity index (χ3n) is 5.64. The number of hydrogen-bond acceptors (Lipinski definition) is 6. The Morgan fingerprint density at radius 1 is 0.839 bits per heavy atom. The summed E-state index contributed by atoms with van der Waals surface area (Å²) in [5.74, 6) is 0.278. The summed E-state index contributed by atoms with van der Waals surface area (Å²) in [7, 11) is 0. The standard InChI is InChI=1S/C25H25N5O/c26-25-28-22-11-10-21(27-24(22)23(29-25)16-18-6-2-1-3-7-18)20-9-5-4-8-19(20)17-30-12-14-31-15-13-30/h1-11H,12-17H2,(H2,26,28,29). The summed E-state index contributed by atoms with van der Waals surface area (Å²) >= 11 is 0. The fraction of sp³-hybridized carbons (Fsp3) is 0.240. The summed E-state index contributed by atoms with van der Waals surface area (Å²) in [4.78, 5) is 16.4. The number of ether oxygens (including phenoxy) is 1. The first kappa shape index (κ1) is 19.6. The van der Waals surface area contributed by atoms with Gasteiger partial charge in [0.2, 0.25) is 5.95 Å². The van der Waals surface area contributed by atoms with Gasteiger partial charge >= 0.3 is 0 Å². The summed E-state index contributed by atoms with van der Waals surface area (Å²) in [6, 6.07) is 22.7. The van der Waals surface area contributed by atoms with Crippen LogP contribution >= 0.6 is 0 Å². The second kappa shape index (κ2) is 8.79. The molecule has 0 amide bonds. The lowest BCUT2D eigenvalue weighted by Crippen LogP contribution is -2.35. The predicted octanol–water partition coefficient (Wildman–Crippen LogP) is 3.70. The summed E-state index contributed by atoms with van der Waals surface area (Å²) in [6.45, 7) is 4.37. The fourth-order valence-electron chi connectivity index (χ4n) is 4.06. The lowest BCUT2D eigenvalue weighted by molar-refractivity contribution is 0.0342. The van der Waals surface area contributed by atoms with Crippen molar-refractivity contribution in [3.05, 3.63) is 83.6 Å². The number of benzene rings is 2. The van der Waals surface area contributed by atoms with Gasteiger partial charge in [0.05, 0.1) is 30.1 Å². The number of nitrogens with zero attached hydrogens (tertiary/aromatic N) is 4. The van der Waals surface area contributed by atoms with Crippen LogP contribution in [-0.4, -0.2) is 46.2 Å². The highest BCUT2D eigenvalue weighted by Crippen LogP contribution is 2.27. The van der Waals surface area contributed by atoms with E-state index in [1.807, 2.05) is 30.3 Å². The molecule has 5 rings (SSSR count). The molecule has 4 aromatic rings. The van der Waals surface area contributed by atoms with Crippen LogP contribution in [0.15, 0.2) is 66.7 Å². The molecule has 0 bridgehead atoms. The molecule has 3 heterocycles. The van der Waals surface area contributed by atoms with Crippen LogP contribution in [0.25, 0.3) is 22.3 Å². The largest absolute Gasteiger partial charge is 0.379 e. The maximum absolute atomic E-state index is 5.99. The Labute approximate surface area is 181 Å². The molecule has 0 aliphatic carbocycles. The molecular weight excluding hydrogens is 386 g/mol. The van der Waals surface area contributed by atoms with Crippen molar-refractivity contribution in [1.82, 2.24) is 19.9 Å². The predicted molar refractivity (Wildman–Crippen MR) is 123 cm³/mol. The third kappa shape index (κ3) is 4.40. The van der Waals surface area contributed by atoms with E-state index in [4.69, 9.17) is 15.5 Å². The number of rotatable bonds is 5. The van der Waals surface area contributed by atoms with Crippen LogP contribution in [0.2, 0.25) is 0 Å². The average molecular weight is 412 g/mol. The number of aromatic nitrogens is 3. The van der Waals surface area contributed by atoms with Crippen LogP contribution in [0.1, 0.15) is 16.8 Å². The molecule has 1 fully saturated rings. The van der Waals surface area contributed by atoms with E-state index < -0.39 is 0 Å². The second-order valence-corrected chi connectivity index (χ2v) is 7.80. The normalized spacial score (nSPS) is 14.7. The lowest BCUT2D eigenvalue weighted by Gasteiger charge is -2.27. The Morgan fingerprint density at radius 3 is 2.45 bits per heavy atom. The van der Waals surface area contributed by atoms with E-state index in [2.05, 4.69) is 51.3 Å². The summed E-state index contributed by atoms with van der Waals surface area (Å²) in [6.07, 6.45) is 0.663. The molecule has 156 valence electrons. The first-order chi connectivity index (χ1) is 15.3. The van der Waals surface area contributed by atoms with E-state index in [1.165, 1.54) is 11.1 Å². The zero-order valence-electron chi connectivity index (χ0n) is 17.4. The van der Waals surface area contributed by atoms with Crippen molar-refractivity contribution in [3.63, 3.8) is 0 Å². The number of anilines is 1. The van der Waals surface area contributed by atoms with Crippen molar-refractivity contribution in [2.75, 3.05) is 32.0 Å². The Bertz CT molecular complexity index is 1190. The molecule has 2 N–H and O–H groups in total. The maximum Gasteiger partial charge on any atom is 0.220 e. The number of morpholine rings is 1. The monoisotopic (exact) mass is 411 g/mol. The fourth-order valence-corrected chi connectivity index (χ4v) is 4.06. The van der Waals surface area contributed by atoms with Gasteiger partial charge in [-0.05, 0) is 23.3 Å². The summed E-state index contributed by atoms with van der Waals surface area (Å²) in [5, 5.41) is 0. The van der Waals surface area contributed by atoms with Gasteiger partial charge in [-0.2, -0.15) is 0 Å². The number of nitrogens with two attached hydrogens (primary N) is 1. The van der Waals surface area contributed by atoms with Crippen molar-refractivity contribution in [2.45, 2.75) is 13.0 Å². The van der Waals surface area contributed by atoms with E-state index in [1.54, 1.807) is 0 Å². The van der Waals surface area contributed by atoms with Gasteiger partial charge in [0.1, 0.15) is 5.52 Å². The average Bonchev–Trinajstić information content (AvgIpc) is 2.81. The number of fused-ring (bicyclic) bond motifs is 1. The lowest BCUT2D eigenvalue weighted by atomic mass is 10.0.